The Bertz CT molecular complexity index is 86.4. The van der Waals surface area contributed by atoms with Crippen LogP contribution in [-0.4, -0.2) is 23.4 Å². The highest BCUT2D eigenvalue weighted by Gasteiger charge is 2.47. The minimum Gasteiger partial charge on any atom is -0.393 e. The molecule has 8 heavy (non-hydrogen) atoms. The van der Waals surface area contributed by atoms with Crippen LogP contribution >= 0.6 is 17.0 Å². The van der Waals surface area contributed by atoms with Crippen LogP contribution in [0.2, 0.25) is 0 Å². The fraction of sp³-hybridized carbons (Fsp3) is 1.00. The average Bonchev–Trinajstić information content (AvgIpc) is 2.15. The van der Waals surface area contributed by atoms with Gasteiger partial charge in [-0.2, -0.15) is 0 Å². The molecule has 2 fully saturated rings. The number of rotatable bonds is 0. The number of fused-ring (bicyclic) bond motifs is 1. The molecule has 1 aliphatic carbocycles. The highest BCUT2D eigenvalue weighted by Crippen LogP contribution is 2.38. The summed E-state index contributed by atoms with van der Waals surface area (Å²) in [6.45, 7) is 0. The molecule has 0 bridgehead atoms. The van der Waals surface area contributed by atoms with Crippen molar-refractivity contribution in [1.82, 2.24) is 0 Å². The predicted molar refractivity (Wildman–Crippen MR) is 34.2 cm³/mol. The van der Waals surface area contributed by atoms with Gasteiger partial charge in [-0.25, -0.2) is 0 Å². The van der Waals surface area contributed by atoms with Gasteiger partial charge in [0.15, 0.2) is 0 Å². The quantitative estimate of drug-likeness (QED) is 0.551. The lowest BCUT2D eigenvalue weighted by molar-refractivity contribution is 0.129. The molecule has 0 amide bonds. The molecule has 48 valence electrons. The van der Waals surface area contributed by atoms with Crippen molar-refractivity contribution in [3.8, 4) is 0 Å². The summed E-state index contributed by atoms with van der Waals surface area (Å²) >= 11 is 0. The summed E-state index contributed by atoms with van der Waals surface area (Å²) in [5.41, 5.74) is 0. The molecule has 0 aromatic rings. The molecular weight excluding hydrogens is 172 g/mol. The Morgan fingerprint density at radius 2 is 1.75 bits per heavy atom. The summed E-state index contributed by atoms with van der Waals surface area (Å²) in [4.78, 5) is 0. The summed E-state index contributed by atoms with van der Waals surface area (Å²) in [7, 11) is 0. The van der Waals surface area contributed by atoms with Crippen molar-refractivity contribution in [1.29, 1.82) is 0 Å². The first-order chi connectivity index (χ1) is 3.36. The Morgan fingerprint density at radius 1 is 1.25 bits per heavy atom. The molecule has 2 nitrogen and oxygen atoms in total. The number of aliphatic hydroxyl groups excluding tert-OH is 1. The zero-order valence-electron chi connectivity index (χ0n) is 4.41. The van der Waals surface area contributed by atoms with E-state index in [9.17, 15) is 0 Å². The van der Waals surface area contributed by atoms with Gasteiger partial charge in [-0.1, -0.05) is 0 Å². The maximum absolute atomic E-state index is 8.85. The van der Waals surface area contributed by atoms with Gasteiger partial charge in [0.25, 0.3) is 0 Å². The first-order valence-corrected chi connectivity index (χ1v) is 2.70. The second kappa shape index (κ2) is 1.97. The van der Waals surface area contributed by atoms with Crippen LogP contribution in [-0.2, 0) is 4.74 Å². The first-order valence-electron chi connectivity index (χ1n) is 2.70. The summed E-state index contributed by atoms with van der Waals surface area (Å²) in [6.07, 6.45) is 2.59. The molecule has 2 aliphatic rings. The Hall–Kier alpha value is 0.400. The van der Waals surface area contributed by atoms with Crippen LogP contribution in [0.3, 0.4) is 0 Å². The lowest BCUT2D eigenvalue weighted by atomic mass is 10.3. The van der Waals surface area contributed by atoms with Gasteiger partial charge < -0.3 is 9.84 Å². The molecule has 0 aromatic heterocycles. The van der Waals surface area contributed by atoms with Crippen molar-refractivity contribution in [2.45, 2.75) is 31.2 Å². The highest BCUT2D eigenvalue weighted by atomic mass is 79.9. The fourth-order valence-electron chi connectivity index (χ4n) is 1.23. The molecule has 3 heteroatoms. The second-order valence-corrected chi connectivity index (χ2v) is 2.34. The molecule has 2 atom stereocenters. The molecule has 0 aromatic carbocycles. The largest absolute Gasteiger partial charge is 0.393 e. The van der Waals surface area contributed by atoms with Crippen LogP contribution in [0.4, 0.5) is 0 Å². The molecule has 1 saturated carbocycles. The van der Waals surface area contributed by atoms with Crippen molar-refractivity contribution in [2.24, 2.45) is 0 Å². The fourth-order valence-corrected chi connectivity index (χ4v) is 1.23. The smallest absolute Gasteiger partial charge is 0.0867 e. The van der Waals surface area contributed by atoms with Crippen LogP contribution < -0.4 is 0 Å². The van der Waals surface area contributed by atoms with Gasteiger partial charge in [-0.15, -0.1) is 17.0 Å². The van der Waals surface area contributed by atoms with Gasteiger partial charge in [-0.3, -0.25) is 0 Å². The summed E-state index contributed by atoms with van der Waals surface area (Å²) < 4.78 is 5.06. The molecule has 1 heterocycles. The molecule has 1 N–H and O–H groups in total. The van der Waals surface area contributed by atoms with Crippen molar-refractivity contribution in [2.75, 3.05) is 0 Å². The first kappa shape index (κ1) is 6.52. The third kappa shape index (κ3) is 0.900. The maximum Gasteiger partial charge on any atom is 0.0867 e. The predicted octanol–water partition coefficient (Wildman–Crippen LogP) is 0.486. The third-order valence-electron chi connectivity index (χ3n) is 1.70. The van der Waals surface area contributed by atoms with Gasteiger partial charge in [0, 0.05) is 12.8 Å². The maximum atomic E-state index is 8.85. The van der Waals surface area contributed by atoms with Crippen LogP contribution in [0.15, 0.2) is 0 Å². The van der Waals surface area contributed by atoms with Crippen LogP contribution in [0.5, 0.6) is 0 Å². The molecule has 1 saturated heterocycles. The minimum absolute atomic E-state index is 0. The van der Waals surface area contributed by atoms with Crippen molar-refractivity contribution >= 4 is 17.0 Å². The lowest BCUT2D eigenvalue weighted by Crippen LogP contribution is -2.02. The van der Waals surface area contributed by atoms with E-state index in [1.165, 1.54) is 0 Å². The highest BCUT2D eigenvalue weighted by molar-refractivity contribution is 8.93. The van der Waals surface area contributed by atoms with E-state index in [-0.39, 0.29) is 23.1 Å². The van der Waals surface area contributed by atoms with Crippen LogP contribution in [0.25, 0.3) is 0 Å². The molecule has 2 rings (SSSR count). The summed E-state index contributed by atoms with van der Waals surface area (Å²) in [5, 5.41) is 8.85. The van der Waals surface area contributed by atoms with Crippen molar-refractivity contribution in [3.05, 3.63) is 0 Å². The molecule has 0 radical (unpaired) electrons. The molecule has 2 unspecified atom stereocenters. The lowest BCUT2D eigenvalue weighted by Gasteiger charge is -1.97. The van der Waals surface area contributed by atoms with Crippen LogP contribution in [0.1, 0.15) is 12.8 Å². The molecule has 0 spiro atoms. The number of hydrogen-bond donors (Lipinski definition) is 1. The van der Waals surface area contributed by atoms with E-state index in [0.29, 0.717) is 12.2 Å². The summed E-state index contributed by atoms with van der Waals surface area (Å²) in [6, 6.07) is 0. The zero-order valence-corrected chi connectivity index (χ0v) is 6.12. The topological polar surface area (TPSA) is 32.8 Å². The molecular formula is C5H9BrO2. The van der Waals surface area contributed by atoms with Gasteiger partial charge in [-0.05, 0) is 0 Å². The monoisotopic (exact) mass is 180 g/mol. The van der Waals surface area contributed by atoms with Gasteiger partial charge in [0.1, 0.15) is 0 Å². The number of aliphatic hydroxyl groups is 1. The average molecular weight is 181 g/mol. The Labute approximate surface area is 58.6 Å². The van der Waals surface area contributed by atoms with E-state index < -0.39 is 0 Å². The van der Waals surface area contributed by atoms with Gasteiger partial charge in [0.05, 0.1) is 18.3 Å². The van der Waals surface area contributed by atoms with Gasteiger partial charge >= 0.3 is 0 Å². The number of epoxide rings is 1. The number of halogens is 1. The number of ether oxygens (including phenoxy) is 1. The Kier molecular flexibility index (Phi) is 1.61. The summed E-state index contributed by atoms with van der Waals surface area (Å²) in [5.74, 6) is 0. The Balaban J connectivity index is 0.000000320. The van der Waals surface area contributed by atoms with Gasteiger partial charge in [0.2, 0.25) is 0 Å². The SMILES string of the molecule is Br.OC1CC2OC2C1. The van der Waals surface area contributed by atoms with E-state index in [0.717, 1.165) is 12.8 Å². The third-order valence-corrected chi connectivity index (χ3v) is 1.70. The second-order valence-electron chi connectivity index (χ2n) is 2.34. The number of hydrogen-bond acceptors (Lipinski definition) is 2. The van der Waals surface area contributed by atoms with E-state index >= 15 is 0 Å². The van der Waals surface area contributed by atoms with Crippen molar-refractivity contribution in [3.63, 3.8) is 0 Å². The van der Waals surface area contributed by atoms with Crippen molar-refractivity contribution < 1.29 is 9.84 Å². The normalized spacial score (nSPS) is 49.9. The Morgan fingerprint density at radius 3 is 2.00 bits per heavy atom. The zero-order chi connectivity index (χ0) is 4.85. The molecule has 1 aliphatic heterocycles. The minimum atomic E-state index is -0.0521. The van der Waals surface area contributed by atoms with E-state index in [1.54, 1.807) is 0 Å². The van der Waals surface area contributed by atoms with E-state index in [4.69, 9.17) is 9.84 Å². The van der Waals surface area contributed by atoms with Crippen LogP contribution in [0, 0.1) is 0 Å². The van der Waals surface area contributed by atoms with E-state index in [1.807, 2.05) is 0 Å². The standard InChI is InChI=1S/C5H8O2.BrH/c6-3-1-4-5(2-3)7-4;/h3-6H,1-2H2;1H. The van der Waals surface area contributed by atoms with E-state index in [2.05, 4.69) is 0 Å².